The van der Waals surface area contributed by atoms with E-state index in [1.165, 1.54) is 0 Å². The molecule has 0 radical (unpaired) electrons. The molecule has 0 aromatic heterocycles. The van der Waals surface area contributed by atoms with Gasteiger partial charge in [0, 0.05) is 30.7 Å². The van der Waals surface area contributed by atoms with Gasteiger partial charge in [-0.1, -0.05) is 24.3 Å². The molecular formula is C12H20N2. The average Bonchev–Trinajstić information content (AvgIpc) is 2.15. The van der Waals surface area contributed by atoms with Crippen LogP contribution in [0.4, 0.5) is 0 Å². The van der Waals surface area contributed by atoms with Crippen LogP contribution in [0.1, 0.15) is 20.8 Å². The molecule has 1 aliphatic heterocycles. The predicted octanol–water partition coefficient (Wildman–Crippen LogP) is 1.55. The summed E-state index contributed by atoms with van der Waals surface area (Å²) in [5, 5.41) is 3.54. The highest BCUT2D eigenvalue weighted by molar-refractivity contribution is 5.22. The normalized spacial score (nSPS) is 33.1. The van der Waals surface area contributed by atoms with Gasteiger partial charge in [-0.05, 0) is 20.8 Å². The minimum absolute atomic E-state index is 0.264. The molecule has 2 atom stereocenters. The summed E-state index contributed by atoms with van der Waals surface area (Å²) < 4.78 is 0. The van der Waals surface area contributed by atoms with E-state index in [2.05, 4.69) is 55.3 Å². The maximum Gasteiger partial charge on any atom is 0.0476 e. The first-order chi connectivity index (χ1) is 6.59. The lowest BCUT2D eigenvalue weighted by Crippen LogP contribution is -2.62. The molecule has 0 spiro atoms. The molecule has 2 nitrogen and oxygen atoms in total. The summed E-state index contributed by atoms with van der Waals surface area (Å²) >= 11 is 0. The van der Waals surface area contributed by atoms with Crippen molar-refractivity contribution in [3.63, 3.8) is 0 Å². The van der Waals surface area contributed by atoms with Gasteiger partial charge in [0.05, 0.1) is 0 Å². The van der Waals surface area contributed by atoms with Crippen LogP contribution in [0, 0.1) is 0 Å². The van der Waals surface area contributed by atoms with E-state index >= 15 is 0 Å². The van der Waals surface area contributed by atoms with Gasteiger partial charge in [0.1, 0.15) is 0 Å². The minimum atomic E-state index is 0.264. The Labute approximate surface area is 86.7 Å². The summed E-state index contributed by atoms with van der Waals surface area (Å²) in [7, 11) is 0. The Kier molecular flexibility index (Phi) is 2.50. The first-order valence-corrected chi connectivity index (χ1v) is 5.44. The molecule has 1 heterocycles. The van der Waals surface area contributed by atoms with Gasteiger partial charge in [0.25, 0.3) is 0 Å². The van der Waals surface area contributed by atoms with E-state index in [9.17, 15) is 0 Å². The lowest BCUT2D eigenvalue weighted by Gasteiger charge is -2.47. The minimum Gasteiger partial charge on any atom is -0.308 e. The Morgan fingerprint density at radius 2 is 1.93 bits per heavy atom. The molecule has 0 amide bonds. The summed E-state index contributed by atoms with van der Waals surface area (Å²) in [4.78, 5) is 2.58. The number of fused-ring (bicyclic) bond motifs is 1. The molecule has 2 rings (SSSR count). The third-order valence-electron chi connectivity index (χ3n) is 3.06. The van der Waals surface area contributed by atoms with Crippen LogP contribution in [0.2, 0.25) is 0 Å². The molecule has 14 heavy (non-hydrogen) atoms. The fraction of sp³-hybridized carbons (Fsp3) is 0.667. The number of allylic oxidation sites excluding steroid dienone is 2. The van der Waals surface area contributed by atoms with Gasteiger partial charge < -0.3 is 5.32 Å². The number of rotatable bonds is 0. The highest BCUT2D eigenvalue weighted by Gasteiger charge is 2.34. The average molecular weight is 192 g/mol. The van der Waals surface area contributed by atoms with Crippen LogP contribution < -0.4 is 5.32 Å². The zero-order valence-corrected chi connectivity index (χ0v) is 9.33. The van der Waals surface area contributed by atoms with E-state index < -0.39 is 0 Å². The largest absolute Gasteiger partial charge is 0.308 e. The van der Waals surface area contributed by atoms with Crippen molar-refractivity contribution in [3.05, 3.63) is 24.3 Å². The topological polar surface area (TPSA) is 15.3 Å². The number of nitrogens with one attached hydrogen (secondary N) is 1. The lowest BCUT2D eigenvalue weighted by molar-refractivity contribution is 0.0679. The SMILES string of the molecule is CC(C)(C)N1CCNC2C=CC=CC21. The van der Waals surface area contributed by atoms with Gasteiger partial charge in [-0.15, -0.1) is 0 Å². The van der Waals surface area contributed by atoms with Gasteiger partial charge in [-0.2, -0.15) is 0 Å². The van der Waals surface area contributed by atoms with Gasteiger partial charge in [0.2, 0.25) is 0 Å². The Balaban J connectivity index is 2.18. The third kappa shape index (κ3) is 1.77. The monoisotopic (exact) mass is 192 g/mol. The van der Waals surface area contributed by atoms with Crippen LogP contribution in [0.25, 0.3) is 0 Å². The zero-order valence-electron chi connectivity index (χ0n) is 9.33. The molecule has 1 aliphatic carbocycles. The van der Waals surface area contributed by atoms with Crippen LogP contribution in [-0.4, -0.2) is 35.6 Å². The van der Waals surface area contributed by atoms with Gasteiger partial charge >= 0.3 is 0 Å². The second kappa shape index (κ2) is 3.52. The number of hydrogen-bond donors (Lipinski definition) is 1. The second-order valence-electron chi connectivity index (χ2n) is 5.10. The maximum atomic E-state index is 3.54. The molecule has 0 bridgehead atoms. The Morgan fingerprint density at radius 3 is 2.64 bits per heavy atom. The van der Waals surface area contributed by atoms with E-state index in [4.69, 9.17) is 0 Å². The molecule has 2 aliphatic rings. The van der Waals surface area contributed by atoms with Crippen molar-refractivity contribution >= 4 is 0 Å². The van der Waals surface area contributed by atoms with Crippen LogP contribution >= 0.6 is 0 Å². The van der Waals surface area contributed by atoms with Crippen molar-refractivity contribution in [2.75, 3.05) is 13.1 Å². The van der Waals surface area contributed by atoms with Crippen molar-refractivity contribution in [2.45, 2.75) is 38.4 Å². The zero-order chi connectivity index (χ0) is 10.2. The van der Waals surface area contributed by atoms with Crippen molar-refractivity contribution in [3.8, 4) is 0 Å². The summed E-state index contributed by atoms with van der Waals surface area (Å²) in [5.41, 5.74) is 0.264. The van der Waals surface area contributed by atoms with Crippen molar-refractivity contribution < 1.29 is 0 Å². The number of nitrogens with zero attached hydrogens (tertiary/aromatic N) is 1. The molecule has 1 N–H and O–H groups in total. The van der Waals surface area contributed by atoms with E-state index in [1.54, 1.807) is 0 Å². The van der Waals surface area contributed by atoms with Crippen LogP contribution in [-0.2, 0) is 0 Å². The van der Waals surface area contributed by atoms with Crippen LogP contribution in [0.3, 0.4) is 0 Å². The van der Waals surface area contributed by atoms with Gasteiger partial charge in [0.15, 0.2) is 0 Å². The summed E-state index contributed by atoms with van der Waals surface area (Å²) in [6.45, 7) is 9.12. The van der Waals surface area contributed by atoms with Crippen LogP contribution in [0.5, 0.6) is 0 Å². The molecule has 1 saturated heterocycles. The van der Waals surface area contributed by atoms with Gasteiger partial charge in [-0.25, -0.2) is 0 Å². The standard InChI is InChI=1S/C12H20N2/c1-12(2,3)14-9-8-13-10-6-4-5-7-11(10)14/h4-7,10-11,13H,8-9H2,1-3H3. The van der Waals surface area contributed by atoms with Crippen molar-refractivity contribution in [1.29, 1.82) is 0 Å². The first-order valence-electron chi connectivity index (χ1n) is 5.44. The van der Waals surface area contributed by atoms with E-state index in [1.807, 2.05) is 0 Å². The molecular weight excluding hydrogens is 172 g/mol. The number of piperazine rings is 1. The van der Waals surface area contributed by atoms with Crippen molar-refractivity contribution in [1.82, 2.24) is 10.2 Å². The predicted molar refractivity (Wildman–Crippen MR) is 60.3 cm³/mol. The Bertz CT molecular complexity index is 260. The highest BCUT2D eigenvalue weighted by Crippen LogP contribution is 2.24. The quantitative estimate of drug-likeness (QED) is 0.626. The number of hydrogen-bond acceptors (Lipinski definition) is 2. The third-order valence-corrected chi connectivity index (χ3v) is 3.06. The lowest BCUT2D eigenvalue weighted by atomic mass is 9.93. The summed E-state index contributed by atoms with van der Waals surface area (Å²) in [6.07, 6.45) is 8.87. The smallest absolute Gasteiger partial charge is 0.0476 e. The molecule has 0 aromatic rings. The fourth-order valence-electron chi connectivity index (χ4n) is 2.37. The molecule has 2 unspecified atom stereocenters. The Hall–Kier alpha value is -0.600. The summed E-state index contributed by atoms with van der Waals surface area (Å²) in [6, 6.07) is 1.04. The highest BCUT2D eigenvalue weighted by atomic mass is 15.3. The van der Waals surface area contributed by atoms with Crippen molar-refractivity contribution in [2.24, 2.45) is 0 Å². The maximum absolute atomic E-state index is 3.54. The van der Waals surface area contributed by atoms with E-state index in [-0.39, 0.29) is 5.54 Å². The van der Waals surface area contributed by atoms with E-state index in [0.29, 0.717) is 12.1 Å². The summed E-state index contributed by atoms with van der Waals surface area (Å²) in [5.74, 6) is 0. The fourth-order valence-corrected chi connectivity index (χ4v) is 2.37. The Morgan fingerprint density at radius 1 is 1.21 bits per heavy atom. The molecule has 2 heteroatoms. The molecule has 78 valence electrons. The van der Waals surface area contributed by atoms with Gasteiger partial charge in [-0.3, -0.25) is 4.90 Å². The molecule has 0 saturated carbocycles. The molecule has 1 fully saturated rings. The molecule has 0 aromatic carbocycles. The second-order valence-corrected chi connectivity index (χ2v) is 5.10. The first kappa shape index (κ1) is 9.94. The van der Waals surface area contributed by atoms with E-state index in [0.717, 1.165) is 13.1 Å². The van der Waals surface area contributed by atoms with Crippen LogP contribution in [0.15, 0.2) is 24.3 Å².